The highest BCUT2D eigenvalue weighted by Gasteiger charge is 2.30. The van der Waals surface area contributed by atoms with Crippen molar-refractivity contribution in [3.8, 4) is 0 Å². The number of benzene rings is 1. The Kier molecular flexibility index (Phi) is 7.43. The molecule has 1 aliphatic heterocycles. The van der Waals surface area contributed by atoms with Crippen LogP contribution in [0.5, 0.6) is 0 Å². The van der Waals surface area contributed by atoms with Crippen LogP contribution in [0.15, 0.2) is 64.9 Å². The van der Waals surface area contributed by atoms with E-state index >= 15 is 0 Å². The Morgan fingerprint density at radius 3 is 2.67 bits per heavy atom. The second-order valence-electron chi connectivity index (χ2n) is 6.80. The van der Waals surface area contributed by atoms with E-state index in [2.05, 4.69) is 15.6 Å². The Labute approximate surface area is 181 Å². The Morgan fingerprint density at radius 2 is 2.03 bits per heavy atom. The average molecular weight is 448 g/mol. The van der Waals surface area contributed by atoms with E-state index in [0.29, 0.717) is 31.1 Å². The molecule has 4 N–H and O–H groups in total. The van der Waals surface area contributed by atoms with E-state index in [4.69, 9.17) is 0 Å². The molecule has 3 rings (SSSR count). The fourth-order valence-electron chi connectivity index (χ4n) is 2.95. The summed E-state index contributed by atoms with van der Waals surface area (Å²) in [5, 5.41) is 16.5. The SMILES string of the molecule is C/C=C(/C=C/c1cnc(Nc2ccc(S(=O)(=[OH+])N3CCNCC3)cc2)s1)\C=C(/C)O. The molecular formula is C21H27N4O3S2+. The van der Waals surface area contributed by atoms with Crippen LogP contribution >= 0.6 is 11.3 Å². The van der Waals surface area contributed by atoms with Gasteiger partial charge < -0.3 is 15.7 Å². The minimum Gasteiger partial charge on any atom is -0.513 e. The van der Waals surface area contributed by atoms with Gasteiger partial charge in [0.05, 0.1) is 5.76 Å². The van der Waals surface area contributed by atoms with E-state index in [1.165, 1.54) is 11.3 Å². The molecule has 2 heterocycles. The van der Waals surface area contributed by atoms with E-state index in [1.54, 1.807) is 47.8 Å². The number of nitrogens with one attached hydrogen (secondary N) is 2. The van der Waals surface area contributed by atoms with Gasteiger partial charge in [-0.15, -0.1) is 0 Å². The summed E-state index contributed by atoms with van der Waals surface area (Å²) in [7, 11) is -3.21. The Bertz CT molecular complexity index is 1040. The van der Waals surface area contributed by atoms with Gasteiger partial charge in [0.15, 0.2) is 5.13 Å². The third kappa shape index (κ3) is 5.79. The smallest absolute Gasteiger partial charge is 0.375 e. The lowest BCUT2D eigenvalue weighted by molar-refractivity contribution is 0.362. The largest absolute Gasteiger partial charge is 0.513 e. The zero-order valence-electron chi connectivity index (χ0n) is 17.0. The van der Waals surface area contributed by atoms with Gasteiger partial charge in [-0.3, -0.25) is 0 Å². The molecule has 9 heteroatoms. The quantitative estimate of drug-likeness (QED) is 0.338. The standard InChI is InChI=1S/C21H26N4O3S2/c1-3-17(14-16(2)26)4-7-19-15-23-21(29-19)24-18-5-8-20(9-6-18)30(27,28)25-12-10-22-11-13-25/h3-9,14-15,22,26H,10-13H2,1-2H3,(H,23,24)/p+1/b7-4+,16-14+,17-3-. The van der Waals surface area contributed by atoms with Gasteiger partial charge in [0, 0.05) is 42.9 Å². The first kappa shape index (κ1) is 22.2. The summed E-state index contributed by atoms with van der Waals surface area (Å²) >= 11 is 1.49. The molecular weight excluding hydrogens is 420 g/mol. The van der Waals surface area contributed by atoms with Gasteiger partial charge in [-0.05, 0) is 55.8 Å². The van der Waals surface area contributed by atoms with Crippen LogP contribution in [0.3, 0.4) is 0 Å². The van der Waals surface area contributed by atoms with Crippen molar-refractivity contribution in [1.29, 1.82) is 0 Å². The Balaban J connectivity index is 1.66. The van der Waals surface area contributed by atoms with Crippen LogP contribution in [0.2, 0.25) is 0 Å². The average Bonchev–Trinajstić information content (AvgIpc) is 3.19. The number of rotatable bonds is 7. The molecule has 0 amide bonds. The van der Waals surface area contributed by atoms with Crippen LogP contribution in [0.1, 0.15) is 18.7 Å². The highest BCUT2D eigenvalue weighted by molar-refractivity contribution is 7.89. The number of hydrogen-bond donors (Lipinski definition) is 3. The number of aliphatic hydroxyl groups excluding tert-OH is 1. The maximum atomic E-state index is 12.8. The third-order valence-electron chi connectivity index (χ3n) is 4.51. The first-order valence-electron chi connectivity index (χ1n) is 9.65. The normalized spacial score (nSPS) is 18.5. The molecule has 0 radical (unpaired) electrons. The molecule has 160 valence electrons. The number of thiazole rings is 1. The predicted octanol–water partition coefficient (Wildman–Crippen LogP) is 4.06. The lowest BCUT2D eigenvalue weighted by Crippen LogP contribution is -2.46. The molecule has 7 nitrogen and oxygen atoms in total. The van der Waals surface area contributed by atoms with Crippen molar-refractivity contribution in [3.05, 3.63) is 64.9 Å². The van der Waals surface area contributed by atoms with Gasteiger partial charge in [-0.25, -0.2) is 9.19 Å². The minimum atomic E-state index is -3.21. The van der Waals surface area contributed by atoms with Gasteiger partial charge >= 0.3 is 10.0 Å². The number of aromatic nitrogens is 1. The summed E-state index contributed by atoms with van der Waals surface area (Å²) in [6, 6.07) is 6.94. The summed E-state index contributed by atoms with van der Waals surface area (Å²) in [4.78, 5) is 5.75. The van der Waals surface area contributed by atoms with Crippen molar-refractivity contribution < 1.29 is 13.5 Å². The lowest BCUT2D eigenvalue weighted by atomic mass is 10.2. The summed E-state index contributed by atoms with van der Waals surface area (Å²) < 4.78 is 25.0. The highest BCUT2D eigenvalue weighted by Crippen LogP contribution is 2.25. The lowest BCUT2D eigenvalue weighted by Gasteiger charge is -2.23. The molecule has 0 bridgehead atoms. The number of hydrogen-bond acceptors (Lipinski definition) is 6. The maximum Gasteiger partial charge on any atom is 0.375 e. The third-order valence-corrected chi connectivity index (χ3v) is 7.34. The molecule has 1 unspecified atom stereocenters. The van der Waals surface area contributed by atoms with Crippen molar-refractivity contribution in [2.45, 2.75) is 18.7 Å². The zero-order chi connectivity index (χ0) is 21.6. The van der Waals surface area contributed by atoms with Crippen LogP contribution in [-0.2, 0) is 10.0 Å². The second kappa shape index (κ2) is 10.0. The van der Waals surface area contributed by atoms with Crippen molar-refractivity contribution in [2.75, 3.05) is 31.5 Å². The fraction of sp³-hybridized carbons (Fsp3) is 0.286. The van der Waals surface area contributed by atoms with Crippen LogP contribution in [0.4, 0.5) is 10.8 Å². The van der Waals surface area contributed by atoms with Crippen LogP contribution in [0, 0.1) is 0 Å². The van der Waals surface area contributed by atoms with E-state index in [9.17, 15) is 13.5 Å². The van der Waals surface area contributed by atoms with E-state index in [-0.39, 0.29) is 5.76 Å². The zero-order valence-corrected chi connectivity index (χ0v) is 18.7. The molecule has 2 aromatic rings. The van der Waals surface area contributed by atoms with Crippen molar-refractivity contribution in [1.82, 2.24) is 14.6 Å². The van der Waals surface area contributed by atoms with E-state index < -0.39 is 10.0 Å². The van der Waals surface area contributed by atoms with Crippen molar-refractivity contribution >= 4 is 38.3 Å². The molecule has 1 aliphatic rings. The van der Waals surface area contributed by atoms with E-state index in [0.717, 1.165) is 21.3 Å². The minimum absolute atomic E-state index is 0.256. The molecule has 1 atom stereocenters. The van der Waals surface area contributed by atoms with Crippen LogP contribution < -0.4 is 10.6 Å². The van der Waals surface area contributed by atoms with Crippen LogP contribution in [-0.4, -0.2) is 49.0 Å². The molecule has 30 heavy (non-hydrogen) atoms. The molecule has 0 aliphatic carbocycles. The fourth-order valence-corrected chi connectivity index (χ4v) is 5.15. The Morgan fingerprint density at radius 1 is 1.33 bits per heavy atom. The summed E-state index contributed by atoms with van der Waals surface area (Å²) in [5.74, 6) is 0.256. The van der Waals surface area contributed by atoms with Crippen LogP contribution in [0.25, 0.3) is 6.08 Å². The number of allylic oxidation sites excluding steroid dienone is 5. The van der Waals surface area contributed by atoms with E-state index in [1.807, 2.05) is 25.2 Å². The number of anilines is 2. The number of piperazine rings is 1. The first-order chi connectivity index (χ1) is 14.4. The topological polar surface area (TPSA) is 98.9 Å². The van der Waals surface area contributed by atoms with Gasteiger partial charge in [0.1, 0.15) is 4.90 Å². The molecule has 1 aromatic carbocycles. The molecule has 1 saturated heterocycles. The maximum absolute atomic E-state index is 12.8. The molecule has 0 spiro atoms. The summed E-state index contributed by atoms with van der Waals surface area (Å²) in [6.45, 7) is 6.07. The number of aliphatic hydroxyl groups is 1. The molecule has 1 fully saturated rings. The monoisotopic (exact) mass is 447 g/mol. The van der Waals surface area contributed by atoms with Crippen molar-refractivity contribution in [2.24, 2.45) is 0 Å². The summed E-state index contributed by atoms with van der Waals surface area (Å²) in [6.07, 6.45) is 9.23. The number of nitrogens with zero attached hydrogens (tertiary/aromatic N) is 2. The van der Waals surface area contributed by atoms with Gasteiger partial charge in [-0.2, -0.15) is 8.51 Å². The summed E-state index contributed by atoms with van der Waals surface area (Å²) in [5.41, 5.74) is 1.71. The van der Waals surface area contributed by atoms with Gasteiger partial charge in [-0.1, -0.05) is 23.5 Å². The second-order valence-corrected chi connectivity index (χ2v) is 9.84. The highest BCUT2D eigenvalue weighted by atomic mass is 32.2. The Hall–Kier alpha value is -2.46. The molecule has 1 aromatic heterocycles. The molecule has 0 saturated carbocycles. The predicted molar refractivity (Wildman–Crippen MR) is 124 cm³/mol. The van der Waals surface area contributed by atoms with Gasteiger partial charge in [0.2, 0.25) is 0 Å². The van der Waals surface area contributed by atoms with Crippen molar-refractivity contribution in [3.63, 3.8) is 0 Å². The first-order valence-corrected chi connectivity index (χ1v) is 11.9. The van der Waals surface area contributed by atoms with Gasteiger partial charge in [0.25, 0.3) is 0 Å².